The number of hydrogen-bond acceptors (Lipinski definition) is 4. The Kier molecular flexibility index (Phi) is 5.02. The lowest BCUT2D eigenvalue weighted by Gasteiger charge is -2.35. The number of nitrogens with one attached hydrogen (secondary N) is 2. The van der Waals surface area contributed by atoms with E-state index in [0.717, 1.165) is 62.4 Å². The zero-order valence-electron chi connectivity index (χ0n) is 17.0. The fraction of sp³-hybridized carbons (Fsp3) is 0.524. The molecule has 2 aromatic rings. The molecular formula is C21H27N7O2. The van der Waals surface area contributed by atoms with Crippen LogP contribution in [0.4, 0.5) is 21.0 Å². The number of likely N-dealkylation sites (tertiary alicyclic amines) is 1. The lowest BCUT2D eigenvalue weighted by molar-refractivity contribution is 0.156. The summed E-state index contributed by atoms with van der Waals surface area (Å²) in [6.45, 7) is 2.90. The highest BCUT2D eigenvalue weighted by Crippen LogP contribution is 2.32. The van der Waals surface area contributed by atoms with Crippen molar-refractivity contribution in [2.45, 2.75) is 51.1 Å². The van der Waals surface area contributed by atoms with Gasteiger partial charge in [0.05, 0.1) is 6.04 Å². The Morgan fingerprint density at radius 1 is 1.10 bits per heavy atom. The molecule has 0 saturated carbocycles. The molecule has 0 radical (unpaired) electrons. The van der Waals surface area contributed by atoms with Gasteiger partial charge in [-0.05, 0) is 50.3 Å². The van der Waals surface area contributed by atoms with Gasteiger partial charge < -0.3 is 20.1 Å². The maximum atomic E-state index is 13.2. The second kappa shape index (κ2) is 7.97. The Bertz CT molecular complexity index is 957. The maximum absolute atomic E-state index is 13.2. The zero-order chi connectivity index (χ0) is 20.5. The summed E-state index contributed by atoms with van der Waals surface area (Å²) in [7, 11) is 0. The van der Waals surface area contributed by atoms with Crippen LogP contribution in [-0.4, -0.2) is 51.4 Å². The summed E-state index contributed by atoms with van der Waals surface area (Å²) >= 11 is 0. The molecule has 5 rings (SSSR count). The number of amides is 4. The number of carbonyl (C=O) groups excluding carboxylic acids is 2. The minimum Gasteiger partial charge on any atom is -0.336 e. The first-order valence-corrected chi connectivity index (χ1v) is 10.9. The third-order valence-corrected chi connectivity index (χ3v) is 6.22. The first-order chi connectivity index (χ1) is 14.7. The molecule has 158 valence electrons. The van der Waals surface area contributed by atoms with Gasteiger partial charge in [-0.1, -0.05) is 6.07 Å². The highest BCUT2D eigenvalue weighted by molar-refractivity contribution is 5.95. The second-order valence-electron chi connectivity index (χ2n) is 8.15. The molecule has 9 nitrogen and oxygen atoms in total. The number of urea groups is 2. The molecule has 1 atom stereocenters. The minimum absolute atomic E-state index is 0.0503. The van der Waals surface area contributed by atoms with Crippen molar-refractivity contribution in [1.29, 1.82) is 0 Å². The van der Waals surface area contributed by atoms with E-state index in [2.05, 4.69) is 25.4 Å². The molecule has 2 fully saturated rings. The van der Waals surface area contributed by atoms with Crippen molar-refractivity contribution >= 4 is 23.4 Å². The molecule has 2 N–H and O–H groups in total. The van der Waals surface area contributed by atoms with E-state index >= 15 is 0 Å². The second-order valence-corrected chi connectivity index (χ2v) is 8.15. The van der Waals surface area contributed by atoms with Crippen LogP contribution >= 0.6 is 0 Å². The molecule has 3 aliphatic heterocycles. The lowest BCUT2D eigenvalue weighted by Crippen LogP contribution is -2.42. The topological polar surface area (TPSA) is 95.4 Å². The van der Waals surface area contributed by atoms with Gasteiger partial charge >= 0.3 is 12.1 Å². The first kappa shape index (κ1) is 18.9. The van der Waals surface area contributed by atoms with Crippen LogP contribution < -0.4 is 15.5 Å². The first-order valence-electron chi connectivity index (χ1n) is 10.9. The fourth-order valence-corrected chi connectivity index (χ4v) is 4.69. The average molecular weight is 409 g/mol. The van der Waals surface area contributed by atoms with Crippen molar-refractivity contribution in [3.8, 4) is 0 Å². The summed E-state index contributed by atoms with van der Waals surface area (Å²) in [5, 5.41) is 14.7. The van der Waals surface area contributed by atoms with E-state index in [-0.39, 0.29) is 18.1 Å². The minimum atomic E-state index is -0.129. The molecule has 2 saturated heterocycles. The summed E-state index contributed by atoms with van der Waals surface area (Å²) in [6.07, 6.45) is 6.21. The van der Waals surface area contributed by atoms with E-state index in [9.17, 15) is 9.59 Å². The van der Waals surface area contributed by atoms with Crippen molar-refractivity contribution in [1.82, 2.24) is 25.0 Å². The monoisotopic (exact) mass is 409 g/mol. The van der Waals surface area contributed by atoms with Crippen LogP contribution in [0.1, 0.15) is 49.8 Å². The van der Waals surface area contributed by atoms with E-state index in [4.69, 9.17) is 0 Å². The molecule has 30 heavy (non-hydrogen) atoms. The SMILES string of the molecule is O=C1NCCN1c1cccc(NC(=O)N2CCCC[C@H]2c2nnc3n2CCCC3)c1. The molecule has 4 amide bonds. The van der Waals surface area contributed by atoms with Gasteiger partial charge in [0, 0.05) is 44.0 Å². The quantitative estimate of drug-likeness (QED) is 0.815. The predicted molar refractivity (Wildman–Crippen MR) is 112 cm³/mol. The Hall–Kier alpha value is -3.10. The maximum Gasteiger partial charge on any atom is 0.322 e. The smallest absolute Gasteiger partial charge is 0.322 e. The number of carbonyl (C=O) groups is 2. The molecule has 3 aliphatic rings. The molecule has 4 heterocycles. The number of rotatable bonds is 3. The molecule has 0 spiro atoms. The lowest BCUT2D eigenvalue weighted by atomic mass is 10.0. The van der Waals surface area contributed by atoms with E-state index in [1.54, 1.807) is 4.90 Å². The van der Waals surface area contributed by atoms with Gasteiger partial charge in [0.1, 0.15) is 5.82 Å². The normalized spacial score (nSPS) is 21.3. The highest BCUT2D eigenvalue weighted by Gasteiger charge is 2.33. The van der Waals surface area contributed by atoms with Crippen LogP contribution in [0, 0.1) is 0 Å². The summed E-state index contributed by atoms with van der Waals surface area (Å²) < 4.78 is 2.21. The summed E-state index contributed by atoms with van der Waals surface area (Å²) in [5.41, 5.74) is 1.47. The molecule has 1 aromatic heterocycles. The predicted octanol–water partition coefficient (Wildman–Crippen LogP) is 2.90. The van der Waals surface area contributed by atoms with Gasteiger partial charge in [-0.25, -0.2) is 9.59 Å². The average Bonchev–Trinajstić information content (AvgIpc) is 3.40. The largest absolute Gasteiger partial charge is 0.336 e. The number of aryl methyl sites for hydroxylation is 1. The van der Waals surface area contributed by atoms with Crippen LogP contribution in [0.5, 0.6) is 0 Å². The van der Waals surface area contributed by atoms with Gasteiger partial charge in [0.25, 0.3) is 0 Å². The Morgan fingerprint density at radius 3 is 2.87 bits per heavy atom. The molecule has 0 bridgehead atoms. The highest BCUT2D eigenvalue weighted by atomic mass is 16.2. The van der Waals surface area contributed by atoms with Gasteiger partial charge in [0.2, 0.25) is 0 Å². The number of aromatic nitrogens is 3. The fourth-order valence-electron chi connectivity index (χ4n) is 4.69. The van der Waals surface area contributed by atoms with Crippen LogP contribution in [0.25, 0.3) is 0 Å². The van der Waals surface area contributed by atoms with Crippen LogP contribution in [0.15, 0.2) is 24.3 Å². The number of hydrogen-bond donors (Lipinski definition) is 2. The van der Waals surface area contributed by atoms with Crippen molar-refractivity contribution < 1.29 is 9.59 Å². The van der Waals surface area contributed by atoms with Gasteiger partial charge in [0.15, 0.2) is 5.82 Å². The standard InChI is InChI=1S/C21H27N7O2/c29-20-22-10-13-26(20)16-7-5-6-15(14-16)23-21(30)27-11-3-1-8-17(27)19-25-24-18-9-2-4-12-28(18)19/h5-7,14,17H,1-4,8-13H2,(H,22,29)(H,23,30)/t17-/m0/s1. The molecule has 0 aliphatic carbocycles. The molecule has 9 heteroatoms. The molecular weight excluding hydrogens is 382 g/mol. The van der Waals surface area contributed by atoms with Gasteiger partial charge in [-0.3, -0.25) is 4.90 Å². The van der Waals surface area contributed by atoms with Gasteiger partial charge in [-0.15, -0.1) is 10.2 Å². The Morgan fingerprint density at radius 2 is 2.00 bits per heavy atom. The number of nitrogens with zero attached hydrogens (tertiary/aromatic N) is 5. The van der Waals surface area contributed by atoms with E-state index in [1.165, 1.54) is 0 Å². The van der Waals surface area contributed by atoms with Crippen LogP contribution in [-0.2, 0) is 13.0 Å². The number of anilines is 2. The number of benzene rings is 1. The van der Waals surface area contributed by atoms with Crippen molar-refractivity contribution in [2.24, 2.45) is 0 Å². The molecule has 1 aromatic carbocycles. The number of fused-ring (bicyclic) bond motifs is 1. The van der Waals surface area contributed by atoms with E-state index < -0.39 is 0 Å². The van der Waals surface area contributed by atoms with Crippen LogP contribution in [0.2, 0.25) is 0 Å². The Balaban J connectivity index is 1.35. The van der Waals surface area contributed by atoms with E-state index in [0.29, 0.717) is 25.3 Å². The van der Waals surface area contributed by atoms with Crippen molar-refractivity contribution in [2.75, 3.05) is 29.9 Å². The van der Waals surface area contributed by atoms with E-state index in [1.807, 2.05) is 29.2 Å². The third kappa shape index (κ3) is 3.48. The van der Waals surface area contributed by atoms with Gasteiger partial charge in [-0.2, -0.15) is 0 Å². The van der Waals surface area contributed by atoms with Crippen molar-refractivity contribution in [3.05, 3.63) is 35.9 Å². The summed E-state index contributed by atoms with van der Waals surface area (Å²) in [6, 6.07) is 7.16. The van der Waals surface area contributed by atoms with Crippen molar-refractivity contribution in [3.63, 3.8) is 0 Å². The summed E-state index contributed by atoms with van der Waals surface area (Å²) in [4.78, 5) is 28.7. The Labute approximate surface area is 175 Å². The summed E-state index contributed by atoms with van der Waals surface area (Å²) in [5.74, 6) is 1.96. The molecule has 0 unspecified atom stereocenters. The number of piperidine rings is 1. The zero-order valence-corrected chi connectivity index (χ0v) is 17.0. The third-order valence-electron chi connectivity index (χ3n) is 6.22. The van der Waals surface area contributed by atoms with Crippen LogP contribution in [0.3, 0.4) is 0 Å².